The van der Waals surface area contributed by atoms with E-state index in [9.17, 15) is 4.79 Å². The second kappa shape index (κ2) is 4.89. The van der Waals surface area contributed by atoms with Gasteiger partial charge < -0.3 is 10.6 Å². The third-order valence-electron chi connectivity index (χ3n) is 2.91. The Hall–Kier alpha value is -1.00. The highest BCUT2D eigenvalue weighted by molar-refractivity contribution is 6.18. The maximum atomic E-state index is 11.9. The molecule has 0 atom stereocenters. The smallest absolute Gasteiger partial charge is 0.269 e. The van der Waals surface area contributed by atoms with Crippen LogP contribution in [0.5, 0.6) is 0 Å². The molecule has 0 aromatic carbocycles. The van der Waals surface area contributed by atoms with Crippen LogP contribution < -0.4 is 10.6 Å². The molecule has 4 nitrogen and oxygen atoms in total. The highest BCUT2D eigenvalue weighted by Gasteiger charge is 2.18. The molecule has 2 N–H and O–H groups in total. The first kappa shape index (κ1) is 11.5. The van der Waals surface area contributed by atoms with Crippen molar-refractivity contribution in [2.75, 3.05) is 13.1 Å². The molecule has 5 heteroatoms. The van der Waals surface area contributed by atoms with E-state index in [0.717, 1.165) is 31.6 Å². The Labute approximate surface area is 100 Å². The van der Waals surface area contributed by atoms with Crippen LogP contribution in [0.15, 0.2) is 12.1 Å². The van der Waals surface area contributed by atoms with Crippen LogP contribution in [0.1, 0.15) is 29.0 Å². The maximum absolute atomic E-state index is 11.9. The number of rotatable bonds is 2. The zero-order chi connectivity index (χ0) is 11.5. The monoisotopic (exact) mass is 241 g/mol. The van der Waals surface area contributed by atoms with Crippen LogP contribution >= 0.6 is 11.8 Å². The summed E-state index contributed by atoms with van der Waals surface area (Å²) in [6.07, 6.45) is 1.96. The number of nitrogens with one attached hydrogen (secondary N) is 2. The minimum Gasteiger partial charge on any atom is -0.348 e. The largest absolute Gasteiger partial charge is 0.348 e. The second-order valence-corrected chi connectivity index (χ2v) is 4.48. The first-order valence-electron chi connectivity index (χ1n) is 5.54. The normalized spacial score (nSPS) is 17.4. The summed E-state index contributed by atoms with van der Waals surface area (Å²) in [4.78, 5) is 11.9. The Balaban J connectivity index is 1.99. The van der Waals surface area contributed by atoms with Crippen LogP contribution in [-0.2, 0) is 0 Å². The Morgan fingerprint density at radius 1 is 1.50 bits per heavy atom. The van der Waals surface area contributed by atoms with E-state index in [4.69, 9.17) is 11.8 Å². The molecule has 0 bridgehead atoms. The van der Waals surface area contributed by atoms with Crippen LogP contribution in [-0.4, -0.2) is 29.1 Å². The van der Waals surface area contributed by atoms with E-state index in [0.29, 0.717) is 5.69 Å². The minimum atomic E-state index is -0.0880. The third kappa shape index (κ3) is 2.39. The lowest BCUT2D eigenvalue weighted by Gasteiger charge is -2.23. The fourth-order valence-electron chi connectivity index (χ4n) is 1.91. The molecular formula is C11H16ClN3O. The molecule has 1 aromatic heterocycles. The maximum Gasteiger partial charge on any atom is 0.269 e. The van der Waals surface area contributed by atoms with Gasteiger partial charge in [0.05, 0.1) is 0 Å². The molecule has 1 aliphatic rings. The zero-order valence-electron chi connectivity index (χ0n) is 9.29. The number of aromatic nitrogens is 1. The molecule has 1 aromatic rings. The molecule has 2 heterocycles. The van der Waals surface area contributed by atoms with Crippen molar-refractivity contribution in [2.24, 2.45) is 0 Å². The summed E-state index contributed by atoms with van der Waals surface area (Å²) in [6.45, 7) is 3.80. The summed E-state index contributed by atoms with van der Waals surface area (Å²) < 4.78 is 1.40. The molecule has 1 fully saturated rings. The quantitative estimate of drug-likeness (QED) is 0.820. The summed E-state index contributed by atoms with van der Waals surface area (Å²) >= 11 is 5.96. The van der Waals surface area contributed by atoms with E-state index < -0.39 is 0 Å². The second-order valence-electron chi connectivity index (χ2n) is 4.14. The van der Waals surface area contributed by atoms with Gasteiger partial charge in [-0.05, 0) is 45.0 Å². The van der Waals surface area contributed by atoms with Crippen LogP contribution in [0.2, 0.25) is 0 Å². The number of nitrogens with zero attached hydrogens (tertiary/aromatic N) is 1. The average Bonchev–Trinajstić information content (AvgIpc) is 2.61. The van der Waals surface area contributed by atoms with E-state index in [1.807, 2.05) is 13.0 Å². The highest BCUT2D eigenvalue weighted by Crippen LogP contribution is 2.11. The van der Waals surface area contributed by atoms with Gasteiger partial charge in [-0.1, -0.05) is 0 Å². The first-order valence-corrected chi connectivity index (χ1v) is 5.88. The lowest BCUT2D eigenvalue weighted by atomic mass is 10.1. The molecule has 0 saturated carbocycles. The summed E-state index contributed by atoms with van der Waals surface area (Å²) in [5.41, 5.74) is 1.38. The van der Waals surface area contributed by atoms with E-state index in [1.54, 1.807) is 6.07 Å². The van der Waals surface area contributed by atoms with Crippen molar-refractivity contribution in [1.29, 1.82) is 0 Å². The molecule has 1 aliphatic heterocycles. The number of amides is 1. The summed E-state index contributed by atoms with van der Waals surface area (Å²) in [5, 5.41) is 6.27. The molecule has 2 rings (SSSR count). The Kier molecular flexibility index (Phi) is 3.51. The van der Waals surface area contributed by atoms with Crippen LogP contribution in [0.4, 0.5) is 0 Å². The van der Waals surface area contributed by atoms with Gasteiger partial charge in [-0.25, -0.2) is 0 Å². The topological polar surface area (TPSA) is 46.1 Å². The van der Waals surface area contributed by atoms with E-state index in [-0.39, 0.29) is 11.9 Å². The Morgan fingerprint density at radius 3 is 2.75 bits per heavy atom. The fraction of sp³-hybridized carbons (Fsp3) is 0.545. The van der Waals surface area contributed by atoms with Gasteiger partial charge in [-0.2, -0.15) is 0 Å². The van der Waals surface area contributed by atoms with Crippen molar-refractivity contribution >= 4 is 17.7 Å². The van der Waals surface area contributed by atoms with Crippen LogP contribution in [0.25, 0.3) is 0 Å². The van der Waals surface area contributed by atoms with Crippen molar-refractivity contribution in [2.45, 2.75) is 25.8 Å². The third-order valence-corrected chi connectivity index (χ3v) is 3.36. The molecule has 16 heavy (non-hydrogen) atoms. The number of piperidine rings is 1. The molecule has 1 amide bonds. The predicted octanol–water partition coefficient (Wildman–Crippen LogP) is 1.28. The van der Waals surface area contributed by atoms with Gasteiger partial charge >= 0.3 is 0 Å². The van der Waals surface area contributed by atoms with Crippen molar-refractivity contribution in [3.05, 3.63) is 23.5 Å². The van der Waals surface area contributed by atoms with E-state index >= 15 is 0 Å². The van der Waals surface area contributed by atoms with Crippen molar-refractivity contribution < 1.29 is 4.79 Å². The zero-order valence-corrected chi connectivity index (χ0v) is 10.0. The molecule has 0 aliphatic carbocycles. The number of hydrogen-bond acceptors (Lipinski definition) is 2. The number of hydrogen-bond donors (Lipinski definition) is 2. The SMILES string of the molecule is Cc1ccc(C(=O)NC2CCNCC2)n1Cl. The molecule has 88 valence electrons. The summed E-state index contributed by atoms with van der Waals surface area (Å²) in [6, 6.07) is 3.85. The Bertz CT molecular complexity index is 383. The van der Waals surface area contributed by atoms with Crippen LogP contribution in [0, 0.1) is 6.92 Å². The number of halogens is 1. The first-order chi connectivity index (χ1) is 7.68. The van der Waals surface area contributed by atoms with Gasteiger partial charge in [0.25, 0.3) is 5.91 Å². The molecule has 1 saturated heterocycles. The highest BCUT2D eigenvalue weighted by atomic mass is 35.5. The predicted molar refractivity (Wildman–Crippen MR) is 63.8 cm³/mol. The van der Waals surface area contributed by atoms with Gasteiger partial charge in [-0.15, -0.1) is 0 Å². The lowest BCUT2D eigenvalue weighted by molar-refractivity contribution is 0.0923. The van der Waals surface area contributed by atoms with Gasteiger partial charge in [0.15, 0.2) is 0 Å². The lowest BCUT2D eigenvalue weighted by Crippen LogP contribution is -2.43. The molecular weight excluding hydrogens is 226 g/mol. The molecule has 0 unspecified atom stereocenters. The van der Waals surface area contributed by atoms with Gasteiger partial charge in [0, 0.05) is 23.5 Å². The van der Waals surface area contributed by atoms with E-state index in [2.05, 4.69) is 10.6 Å². The van der Waals surface area contributed by atoms with Crippen molar-refractivity contribution in [3.63, 3.8) is 0 Å². The van der Waals surface area contributed by atoms with Crippen LogP contribution in [0.3, 0.4) is 0 Å². The van der Waals surface area contributed by atoms with Crippen molar-refractivity contribution in [3.8, 4) is 0 Å². The molecule has 0 spiro atoms. The fourth-order valence-corrected chi connectivity index (χ4v) is 2.10. The minimum absolute atomic E-state index is 0.0880. The van der Waals surface area contributed by atoms with Crippen molar-refractivity contribution in [1.82, 2.24) is 14.7 Å². The standard InChI is InChI=1S/C11H16ClN3O/c1-8-2-3-10(15(8)12)11(16)14-9-4-6-13-7-5-9/h2-3,9,13H,4-7H2,1H3,(H,14,16). The van der Waals surface area contributed by atoms with Gasteiger partial charge in [-0.3, -0.25) is 8.88 Å². The summed E-state index contributed by atoms with van der Waals surface area (Å²) in [7, 11) is 0. The van der Waals surface area contributed by atoms with E-state index in [1.165, 1.54) is 4.09 Å². The molecule has 0 radical (unpaired) electrons. The summed E-state index contributed by atoms with van der Waals surface area (Å²) in [5.74, 6) is -0.0880. The average molecular weight is 242 g/mol. The van der Waals surface area contributed by atoms with Gasteiger partial charge in [0.2, 0.25) is 0 Å². The Morgan fingerprint density at radius 2 is 2.19 bits per heavy atom. The van der Waals surface area contributed by atoms with Gasteiger partial charge in [0.1, 0.15) is 5.69 Å². The number of carbonyl (C=O) groups excluding carboxylic acids is 1. The number of aryl methyl sites for hydroxylation is 1. The number of carbonyl (C=O) groups is 1.